The molecule has 0 saturated carbocycles. The largest absolute Gasteiger partial charge is 0.492 e. The summed E-state index contributed by atoms with van der Waals surface area (Å²) in [6.07, 6.45) is 0.967. The van der Waals surface area contributed by atoms with Gasteiger partial charge in [0.1, 0.15) is 7.85 Å². The molecule has 7 heteroatoms. The summed E-state index contributed by atoms with van der Waals surface area (Å²) in [7, 11) is 22.3. The number of benzene rings is 1. The van der Waals surface area contributed by atoms with E-state index in [4.69, 9.17) is 40.7 Å². The van der Waals surface area contributed by atoms with Crippen molar-refractivity contribution < 1.29 is 9.31 Å². The van der Waals surface area contributed by atoms with Crippen LogP contribution in [0, 0.1) is 0 Å². The standard InChI is InChI=1S/C11H11B5O2/c1-2-7-3-5-8(6-4-7)16-17-10(13)9(12)11(14,15)18-16/h3-6,9-10H,2H2,1H3. The van der Waals surface area contributed by atoms with Crippen LogP contribution in [0.1, 0.15) is 12.5 Å². The minimum atomic E-state index is -1.49. The Balaban J connectivity index is 2.18. The molecule has 82 valence electrons. The van der Waals surface area contributed by atoms with Crippen LogP contribution < -0.4 is 5.46 Å². The average Bonchev–Trinajstić information content (AvgIpc) is 2.35. The Hall–Kier alpha value is -0.535. The van der Waals surface area contributed by atoms with Crippen molar-refractivity contribution in [2.45, 2.75) is 30.6 Å². The summed E-state index contributed by atoms with van der Waals surface area (Å²) in [4.78, 5) is 0. The van der Waals surface area contributed by atoms with E-state index in [2.05, 4.69) is 6.92 Å². The van der Waals surface area contributed by atoms with Crippen LogP contribution in [0.3, 0.4) is 0 Å². The van der Waals surface area contributed by atoms with Gasteiger partial charge in [0.2, 0.25) is 0 Å². The summed E-state index contributed by atoms with van der Waals surface area (Å²) < 4.78 is 10.9. The molecule has 18 heavy (non-hydrogen) atoms. The van der Waals surface area contributed by atoms with E-state index >= 15 is 0 Å². The third kappa shape index (κ3) is 2.72. The molecular weight excluding hydrogens is 218 g/mol. The van der Waals surface area contributed by atoms with E-state index < -0.39 is 24.3 Å². The molecule has 0 spiro atoms. The number of aryl methyl sites for hydroxylation is 1. The highest BCUT2D eigenvalue weighted by molar-refractivity contribution is 6.64. The van der Waals surface area contributed by atoms with Crippen LogP contribution in [0.5, 0.6) is 0 Å². The molecule has 2 nitrogen and oxygen atoms in total. The van der Waals surface area contributed by atoms with Crippen molar-refractivity contribution in [3.63, 3.8) is 0 Å². The first-order chi connectivity index (χ1) is 8.44. The zero-order valence-corrected chi connectivity index (χ0v) is 10.4. The average molecular weight is 229 g/mol. The Morgan fingerprint density at radius 2 is 1.83 bits per heavy atom. The van der Waals surface area contributed by atoms with Gasteiger partial charge < -0.3 is 9.31 Å². The molecule has 2 rings (SSSR count). The molecule has 0 bridgehead atoms. The Morgan fingerprint density at radius 1 is 1.22 bits per heavy atom. The topological polar surface area (TPSA) is 18.5 Å². The molecule has 1 aromatic rings. The maximum atomic E-state index is 5.77. The third-order valence-electron chi connectivity index (χ3n) is 3.13. The first-order valence-corrected chi connectivity index (χ1v) is 5.95. The smallest absolute Gasteiger partial charge is 0.420 e. The van der Waals surface area contributed by atoms with Crippen molar-refractivity contribution in [1.82, 2.24) is 0 Å². The molecule has 1 aromatic carbocycles. The first-order valence-electron chi connectivity index (χ1n) is 5.95. The lowest BCUT2D eigenvalue weighted by Gasteiger charge is -2.46. The van der Waals surface area contributed by atoms with Gasteiger partial charge in [-0.1, -0.05) is 37.0 Å². The summed E-state index contributed by atoms with van der Waals surface area (Å²) in [5.41, 5.74) is 2.04. The SMILES string of the molecule is [B]C1OB(c2ccc(CC)cc2)OC([B])([B])C1[B]. The van der Waals surface area contributed by atoms with Crippen LogP contribution in [0.4, 0.5) is 0 Å². The van der Waals surface area contributed by atoms with Gasteiger partial charge in [0.05, 0.1) is 23.5 Å². The second-order valence-electron chi connectivity index (χ2n) is 4.52. The molecule has 1 heterocycles. The summed E-state index contributed by atoms with van der Waals surface area (Å²) in [6, 6.07) is 7.05. The molecule has 1 fully saturated rings. The predicted molar refractivity (Wildman–Crippen MR) is 76.7 cm³/mol. The summed E-state index contributed by atoms with van der Waals surface area (Å²) in [5.74, 6) is -0.774. The minimum Gasteiger partial charge on any atom is -0.420 e. The van der Waals surface area contributed by atoms with Gasteiger partial charge in [0, 0.05) is 0 Å². The van der Waals surface area contributed by atoms with E-state index in [9.17, 15) is 0 Å². The van der Waals surface area contributed by atoms with E-state index in [-0.39, 0.29) is 0 Å². The van der Waals surface area contributed by atoms with Crippen LogP contribution in [0.25, 0.3) is 0 Å². The molecule has 8 radical (unpaired) electrons. The van der Waals surface area contributed by atoms with Crippen molar-refractivity contribution in [3.05, 3.63) is 29.8 Å². The van der Waals surface area contributed by atoms with Crippen LogP contribution in [0.15, 0.2) is 24.3 Å². The minimum absolute atomic E-state index is 0.694. The maximum Gasteiger partial charge on any atom is 0.492 e. The maximum absolute atomic E-state index is 5.77. The normalized spacial score (nSPS) is 27.1. The second kappa shape index (κ2) is 5.22. The molecule has 1 aliphatic rings. The molecule has 2 atom stereocenters. The van der Waals surface area contributed by atoms with E-state index in [0.29, 0.717) is 0 Å². The van der Waals surface area contributed by atoms with Crippen molar-refractivity contribution >= 4 is 44.0 Å². The Labute approximate surface area is 114 Å². The molecule has 0 aliphatic carbocycles. The first kappa shape index (κ1) is 13.9. The van der Waals surface area contributed by atoms with Crippen molar-refractivity contribution in [2.24, 2.45) is 0 Å². The van der Waals surface area contributed by atoms with Gasteiger partial charge in [0.15, 0.2) is 0 Å². The summed E-state index contributed by atoms with van der Waals surface area (Å²) in [5, 5.41) is -1.49. The third-order valence-corrected chi connectivity index (χ3v) is 3.13. The van der Waals surface area contributed by atoms with Gasteiger partial charge in [-0.05, 0) is 28.9 Å². The zero-order chi connectivity index (χ0) is 13.3. The molecule has 0 aromatic heterocycles. The second-order valence-corrected chi connectivity index (χ2v) is 4.52. The van der Waals surface area contributed by atoms with Gasteiger partial charge in [0.25, 0.3) is 0 Å². The van der Waals surface area contributed by atoms with E-state index in [1.807, 2.05) is 24.3 Å². The molecule has 1 saturated heterocycles. The molecule has 1 aliphatic heterocycles. The number of rotatable bonds is 2. The Morgan fingerprint density at radius 3 is 2.33 bits per heavy atom. The Bertz CT molecular complexity index is 408. The van der Waals surface area contributed by atoms with Crippen LogP contribution in [-0.4, -0.2) is 49.9 Å². The fourth-order valence-electron chi connectivity index (χ4n) is 1.83. The van der Waals surface area contributed by atoms with Gasteiger partial charge in [-0.3, -0.25) is 0 Å². The monoisotopic (exact) mass is 230 g/mol. The van der Waals surface area contributed by atoms with Crippen molar-refractivity contribution in [3.8, 4) is 0 Å². The van der Waals surface area contributed by atoms with Crippen LogP contribution >= 0.6 is 0 Å². The predicted octanol–water partition coefficient (Wildman–Crippen LogP) is -0.567. The Kier molecular flexibility index (Phi) is 4.03. The van der Waals surface area contributed by atoms with Gasteiger partial charge >= 0.3 is 7.12 Å². The fourth-order valence-corrected chi connectivity index (χ4v) is 1.83. The molecule has 0 N–H and O–H groups in total. The fraction of sp³-hybridized carbons (Fsp3) is 0.455. The van der Waals surface area contributed by atoms with E-state index in [1.165, 1.54) is 5.56 Å². The quantitative estimate of drug-likeness (QED) is 0.633. The van der Waals surface area contributed by atoms with Crippen LogP contribution in [-0.2, 0) is 15.7 Å². The van der Waals surface area contributed by atoms with Gasteiger partial charge in [-0.25, -0.2) is 0 Å². The van der Waals surface area contributed by atoms with Gasteiger partial charge in [-0.2, -0.15) is 0 Å². The highest BCUT2D eigenvalue weighted by Crippen LogP contribution is 2.28. The van der Waals surface area contributed by atoms with Crippen molar-refractivity contribution in [2.75, 3.05) is 0 Å². The summed E-state index contributed by atoms with van der Waals surface area (Å²) in [6.45, 7) is 2.09. The molecule has 2 unspecified atom stereocenters. The van der Waals surface area contributed by atoms with Crippen molar-refractivity contribution in [1.29, 1.82) is 0 Å². The lowest BCUT2D eigenvalue weighted by Crippen LogP contribution is -2.59. The highest BCUT2D eigenvalue weighted by atomic mass is 16.6. The molecule has 0 amide bonds. The number of hydrogen-bond acceptors (Lipinski definition) is 2. The van der Waals surface area contributed by atoms with Gasteiger partial charge in [-0.15, -0.1) is 0 Å². The zero-order valence-electron chi connectivity index (χ0n) is 10.4. The van der Waals surface area contributed by atoms with E-state index in [0.717, 1.165) is 11.9 Å². The van der Waals surface area contributed by atoms with E-state index in [1.54, 1.807) is 0 Å². The lowest BCUT2D eigenvalue weighted by atomic mass is 9.46. The highest BCUT2D eigenvalue weighted by Gasteiger charge is 2.41. The lowest BCUT2D eigenvalue weighted by molar-refractivity contribution is 0.0770. The number of hydrogen-bond donors (Lipinski definition) is 0. The summed E-state index contributed by atoms with van der Waals surface area (Å²) >= 11 is 0. The van der Waals surface area contributed by atoms with Crippen LogP contribution in [0.2, 0.25) is 5.82 Å². The molecular formula is C11H11B5O2.